The zero-order valence-corrected chi connectivity index (χ0v) is 14.3. The van der Waals surface area contributed by atoms with Crippen LogP contribution in [0.4, 0.5) is 16.2 Å². The van der Waals surface area contributed by atoms with E-state index in [-0.39, 0.29) is 12.0 Å². The van der Waals surface area contributed by atoms with Gasteiger partial charge in [-0.15, -0.1) is 0 Å². The molecule has 1 aliphatic heterocycles. The van der Waals surface area contributed by atoms with Crippen LogP contribution in [0.5, 0.6) is 0 Å². The third-order valence-corrected chi connectivity index (χ3v) is 4.23. The molecule has 0 radical (unpaired) electrons. The molecular weight excluding hydrogens is 318 g/mol. The first kappa shape index (κ1) is 16.8. The number of anilines is 2. The van der Waals surface area contributed by atoms with Gasteiger partial charge in [-0.2, -0.15) is 0 Å². The first-order valence-corrected chi connectivity index (χ1v) is 8.15. The van der Waals surface area contributed by atoms with Crippen molar-refractivity contribution in [2.45, 2.75) is 13.5 Å². The van der Waals surface area contributed by atoms with Gasteiger partial charge in [0, 0.05) is 25.3 Å². The predicted octanol–water partition coefficient (Wildman–Crippen LogP) is 2.92. The fourth-order valence-corrected chi connectivity index (χ4v) is 2.79. The lowest BCUT2D eigenvalue weighted by atomic mass is 10.1. The van der Waals surface area contributed by atoms with E-state index in [1.54, 1.807) is 17.0 Å². The molecule has 0 saturated carbocycles. The molecule has 3 rings (SSSR count). The highest BCUT2D eigenvalue weighted by molar-refractivity contribution is 5.95. The number of carbonyl (C=O) groups is 2. The molecule has 1 fully saturated rings. The minimum absolute atomic E-state index is 0.0568. The molecular formula is C19H21N3O3. The molecule has 0 spiro atoms. The number of nitrogens with zero attached hydrogens (tertiary/aromatic N) is 1. The minimum atomic E-state index is -0.341. The summed E-state index contributed by atoms with van der Waals surface area (Å²) in [5.41, 5.74) is 4.50. The summed E-state index contributed by atoms with van der Waals surface area (Å²) in [5, 5.41) is 6.18. The molecule has 0 bridgehead atoms. The first-order valence-electron chi connectivity index (χ1n) is 8.15. The molecule has 2 aromatic rings. The largest absolute Gasteiger partial charge is 0.465 e. The zero-order valence-electron chi connectivity index (χ0n) is 14.3. The van der Waals surface area contributed by atoms with Crippen LogP contribution in [0.25, 0.3) is 0 Å². The van der Waals surface area contributed by atoms with Crippen LogP contribution in [0.1, 0.15) is 21.5 Å². The normalized spacial score (nSPS) is 13.5. The molecule has 0 aromatic heterocycles. The molecule has 6 nitrogen and oxygen atoms in total. The van der Waals surface area contributed by atoms with Gasteiger partial charge >= 0.3 is 12.0 Å². The maximum absolute atomic E-state index is 11.9. The van der Waals surface area contributed by atoms with Crippen molar-refractivity contribution in [3.05, 3.63) is 59.2 Å². The third-order valence-electron chi connectivity index (χ3n) is 4.23. The lowest BCUT2D eigenvalue weighted by molar-refractivity contribution is 0.0600. The monoisotopic (exact) mass is 339 g/mol. The number of benzene rings is 2. The van der Waals surface area contributed by atoms with Gasteiger partial charge in [0.1, 0.15) is 0 Å². The van der Waals surface area contributed by atoms with Gasteiger partial charge in [0.25, 0.3) is 0 Å². The minimum Gasteiger partial charge on any atom is -0.465 e. The highest BCUT2D eigenvalue weighted by Gasteiger charge is 2.22. The van der Waals surface area contributed by atoms with Crippen LogP contribution in [0.3, 0.4) is 0 Å². The van der Waals surface area contributed by atoms with E-state index in [1.165, 1.54) is 7.11 Å². The molecule has 25 heavy (non-hydrogen) atoms. The Kier molecular flexibility index (Phi) is 4.88. The molecule has 1 saturated heterocycles. The summed E-state index contributed by atoms with van der Waals surface area (Å²) >= 11 is 0. The van der Waals surface area contributed by atoms with Gasteiger partial charge in [0.15, 0.2) is 0 Å². The Morgan fingerprint density at radius 2 is 2.00 bits per heavy atom. The van der Waals surface area contributed by atoms with Gasteiger partial charge in [0.2, 0.25) is 0 Å². The standard InChI is InChI=1S/C19H21N3O3/c1-13-3-8-16(11-17(13)22-10-9-20-19(22)24)21-12-14-4-6-15(7-5-14)18(23)25-2/h3-8,11,21H,9-10,12H2,1-2H3,(H,20,24). The van der Waals surface area contributed by atoms with E-state index in [1.807, 2.05) is 37.3 Å². The Labute approximate surface area is 146 Å². The van der Waals surface area contributed by atoms with Crippen molar-refractivity contribution in [3.8, 4) is 0 Å². The fourth-order valence-electron chi connectivity index (χ4n) is 2.79. The quantitative estimate of drug-likeness (QED) is 0.822. The highest BCUT2D eigenvalue weighted by Crippen LogP contribution is 2.26. The Morgan fingerprint density at radius 1 is 1.24 bits per heavy atom. The first-order chi connectivity index (χ1) is 12.1. The van der Waals surface area contributed by atoms with Crippen molar-refractivity contribution in [1.82, 2.24) is 5.32 Å². The van der Waals surface area contributed by atoms with Crippen molar-refractivity contribution in [1.29, 1.82) is 0 Å². The predicted molar refractivity (Wildman–Crippen MR) is 97.0 cm³/mol. The van der Waals surface area contributed by atoms with Crippen LogP contribution in [-0.2, 0) is 11.3 Å². The summed E-state index contributed by atoms with van der Waals surface area (Å²) in [4.78, 5) is 25.1. The van der Waals surface area contributed by atoms with Crippen molar-refractivity contribution in [2.75, 3.05) is 30.4 Å². The van der Waals surface area contributed by atoms with E-state index in [2.05, 4.69) is 10.6 Å². The SMILES string of the molecule is COC(=O)c1ccc(CNc2ccc(C)c(N3CCNC3=O)c2)cc1. The Balaban J connectivity index is 1.69. The van der Waals surface area contributed by atoms with E-state index >= 15 is 0 Å². The number of urea groups is 1. The van der Waals surface area contributed by atoms with Crippen LogP contribution in [0.2, 0.25) is 0 Å². The lowest BCUT2D eigenvalue weighted by Gasteiger charge is -2.18. The number of esters is 1. The Morgan fingerprint density at radius 3 is 2.64 bits per heavy atom. The van der Waals surface area contributed by atoms with Gasteiger partial charge in [-0.3, -0.25) is 4.90 Å². The molecule has 2 N–H and O–H groups in total. The second-order valence-electron chi connectivity index (χ2n) is 5.93. The van der Waals surface area contributed by atoms with E-state index in [0.29, 0.717) is 25.2 Å². The van der Waals surface area contributed by atoms with E-state index in [4.69, 9.17) is 4.74 Å². The average Bonchev–Trinajstić information content (AvgIpc) is 3.06. The summed E-state index contributed by atoms with van der Waals surface area (Å²) in [6.45, 7) is 3.97. The molecule has 2 aromatic carbocycles. The van der Waals surface area contributed by atoms with Crippen LogP contribution < -0.4 is 15.5 Å². The van der Waals surface area contributed by atoms with Crippen LogP contribution in [0, 0.1) is 6.92 Å². The van der Waals surface area contributed by atoms with Crippen LogP contribution >= 0.6 is 0 Å². The molecule has 0 unspecified atom stereocenters. The summed E-state index contributed by atoms with van der Waals surface area (Å²) in [7, 11) is 1.37. The molecule has 6 heteroatoms. The summed E-state index contributed by atoms with van der Waals surface area (Å²) in [6, 6.07) is 13.2. The van der Waals surface area contributed by atoms with Crippen molar-refractivity contribution in [3.63, 3.8) is 0 Å². The van der Waals surface area contributed by atoms with Crippen molar-refractivity contribution < 1.29 is 14.3 Å². The number of rotatable bonds is 5. The second-order valence-corrected chi connectivity index (χ2v) is 5.93. The Bertz CT molecular complexity index is 787. The smallest absolute Gasteiger partial charge is 0.337 e. The average molecular weight is 339 g/mol. The molecule has 130 valence electrons. The number of ether oxygens (including phenoxy) is 1. The molecule has 0 atom stereocenters. The maximum Gasteiger partial charge on any atom is 0.337 e. The maximum atomic E-state index is 11.9. The second kappa shape index (κ2) is 7.25. The number of amides is 2. The highest BCUT2D eigenvalue weighted by atomic mass is 16.5. The molecule has 1 aliphatic rings. The van der Waals surface area contributed by atoms with Gasteiger partial charge < -0.3 is 15.4 Å². The van der Waals surface area contributed by atoms with Crippen molar-refractivity contribution >= 4 is 23.4 Å². The number of carbonyl (C=O) groups excluding carboxylic acids is 2. The summed E-state index contributed by atoms with van der Waals surface area (Å²) in [6.07, 6.45) is 0. The lowest BCUT2D eigenvalue weighted by Crippen LogP contribution is -2.28. The van der Waals surface area contributed by atoms with E-state index < -0.39 is 0 Å². The number of hydrogen-bond donors (Lipinski definition) is 2. The van der Waals surface area contributed by atoms with Gasteiger partial charge in [-0.05, 0) is 42.3 Å². The third kappa shape index (κ3) is 3.74. The molecule has 2 amide bonds. The number of hydrogen-bond acceptors (Lipinski definition) is 4. The van der Waals surface area contributed by atoms with Gasteiger partial charge in [-0.1, -0.05) is 18.2 Å². The number of nitrogens with one attached hydrogen (secondary N) is 2. The number of methoxy groups -OCH3 is 1. The molecule has 0 aliphatic carbocycles. The zero-order chi connectivity index (χ0) is 17.8. The van der Waals surface area contributed by atoms with Crippen LogP contribution in [0.15, 0.2) is 42.5 Å². The summed E-state index contributed by atoms with van der Waals surface area (Å²) < 4.78 is 4.70. The summed E-state index contributed by atoms with van der Waals surface area (Å²) in [5.74, 6) is -0.341. The van der Waals surface area contributed by atoms with Gasteiger partial charge in [0.05, 0.1) is 18.4 Å². The fraction of sp³-hybridized carbons (Fsp3) is 0.263. The van der Waals surface area contributed by atoms with E-state index in [9.17, 15) is 9.59 Å². The topological polar surface area (TPSA) is 70.7 Å². The van der Waals surface area contributed by atoms with Gasteiger partial charge in [-0.25, -0.2) is 9.59 Å². The molecule has 1 heterocycles. The van der Waals surface area contributed by atoms with Crippen molar-refractivity contribution in [2.24, 2.45) is 0 Å². The van der Waals surface area contributed by atoms with Crippen LogP contribution in [-0.4, -0.2) is 32.2 Å². The number of aryl methyl sites for hydroxylation is 1. The van der Waals surface area contributed by atoms with E-state index in [0.717, 1.165) is 22.5 Å². The Hall–Kier alpha value is -3.02.